The van der Waals surface area contributed by atoms with Crippen LogP contribution in [0.3, 0.4) is 0 Å². The molecular formula is C53H44N4. The number of nitriles is 1. The van der Waals surface area contributed by atoms with Gasteiger partial charge in [0.1, 0.15) is 0 Å². The zero-order chi connectivity index (χ0) is 38.5. The van der Waals surface area contributed by atoms with Crippen LogP contribution in [0.2, 0.25) is 0 Å². The van der Waals surface area contributed by atoms with Gasteiger partial charge in [-0.25, -0.2) is 15.0 Å². The lowest BCUT2D eigenvalue weighted by Crippen LogP contribution is -2.42. The van der Waals surface area contributed by atoms with Crippen LogP contribution in [-0.4, -0.2) is 15.0 Å². The number of rotatable bonds is 6. The molecule has 0 aliphatic heterocycles. The predicted octanol–water partition coefficient (Wildman–Crippen LogP) is 13.5. The minimum Gasteiger partial charge on any atom is -0.208 e. The zero-order valence-electron chi connectivity index (χ0n) is 32.5. The van der Waals surface area contributed by atoms with Crippen LogP contribution in [0.1, 0.15) is 57.1 Å². The van der Waals surface area contributed by atoms with Crippen molar-refractivity contribution in [2.75, 3.05) is 0 Å². The van der Waals surface area contributed by atoms with E-state index < -0.39 is 0 Å². The second kappa shape index (κ2) is 14.3. The first-order chi connectivity index (χ1) is 27.9. The van der Waals surface area contributed by atoms with Crippen molar-refractivity contribution in [1.82, 2.24) is 15.0 Å². The molecule has 1 heterocycles. The smallest absolute Gasteiger partial charge is 0.164 e. The Kier molecular flexibility index (Phi) is 8.75. The molecule has 4 heteroatoms. The van der Waals surface area contributed by atoms with E-state index in [0.717, 1.165) is 67.5 Å². The molecule has 276 valence electrons. The number of hydrogen-bond donors (Lipinski definition) is 0. The van der Waals surface area contributed by atoms with Crippen LogP contribution in [-0.2, 0) is 5.41 Å². The van der Waals surface area contributed by atoms with Gasteiger partial charge < -0.3 is 0 Å². The highest BCUT2D eigenvalue weighted by molar-refractivity contribution is 6.01. The molecule has 7 aromatic carbocycles. The fourth-order valence-electron chi connectivity index (χ4n) is 10.4. The van der Waals surface area contributed by atoms with Crippen molar-refractivity contribution in [3.8, 4) is 62.5 Å². The molecular weight excluding hydrogens is 693 g/mol. The third kappa shape index (κ3) is 6.58. The Morgan fingerprint density at radius 2 is 1.09 bits per heavy atom. The van der Waals surface area contributed by atoms with Crippen molar-refractivity contribution in [3.05, 3.63) is 163 Å². The van der Waals surface area contributed by atoms with E-state index in [2.05, 4.69) is 129 Å². The summed E-state index contributed by atoms with van der Waals surface area (Å²) in [5.41, 5.74) is 9.54. The van der Waals surface area contributed by atoms with Crippen LogP contribution >= 0.6 is 0 Å². The molecule has 0 radical (unpaired) electrons. The van der Waals surface area contributed by atoms with Crippen molar-refractivity contribution in [1.29, 1.82) is 5.26 Å². The van der Waals surface area contributed by atoms with Gasteiger partial charge in [-0.05, 0) is 124 Å². The van der Waals surface area contributed by atoms with E-state index in [1.807, 2.05) is 42.5 Å². The predicted molar refractivity (Wildman–Crippen MR) is 233 cm³/mol. The van der Waals surface area contributed by atoms with Gasteiger partial charge in [0.25, 0.3) is 0 Å². The maximum Gasteiger partial charge on any atom is 0.164 e. The van der Waals surface area contributed by atoms with Gasteiger partial charge in [-0.15, -0.1) is 0 Å². The second-order valence-corrected chi connectivity index (χ2v) is 16.9. The fraction of sp³-hybridized carbons (Fsp3) is 0.208. The van der Waals surface area contributed by atoms with Gasteiger partial charge in [-0.3, -0.25) is 0 Å². The van der Waals surface area contributed by atoms with Crippen LogP contribution in [0.4, 0.5) is 0 Å². The van der Waals surface area contributed by atoms with Crippen molar-refractivity contribution in [2.24, 2.45) is 17.8 Å². The molecule has 10 rings (SSSR count). The van der Waals surface area contributed by atoms with Crippen LogP contribution in [0.15, 0.2) is 152 Å². The molecule has 0 saturated heterocycles. The number of fused-ring (bicyclic) bond motifs is 4. The van der Waals surface area contributed by atoms with Gasteiger partial charge in [0.05, 0.1) is 11.6 Å². The highest BCUT2D eigenvalue weighted by atomic mass is 15.0. The molecule has 57 heavy (non-hydrogen) atoms. The minimum absolute atomic E-state index is 0.268. The molecule has 1 unspecified atom stereocenters. The topological polar surface area (TPSA) is 62.5 Å². The van der Waals surface area contributed by atoms with E-state index in [0.29, 0.717) is 23.0 Å². The number of nitrogens with zero attached hydrogens (tertiary/aromatic N) is 4. The summed E-state index contributed by atoms with van der Waals surface area (Å²) in [7, 11) is 0. The lowest BCUT2D eigenvalue weighted by Gasteiger charge is -2.50. The van der Waals surface area contributed by atoms with Gasteiger partial charge in [0.15, 0.2) is 17.5 Å². The van der Waals surface area contributed by atoms with Gasteiger partial charge in [-0.2, -0.15) is 5.26 Å². The molecule has 2 aliphatic rings. The summed E-state index contributed by atoms with van der Waals surface area (Å²) in [6.45, 7) is 4.90. The number of aromatic nitrogens is 3. The van der Waals surface area contributed by atoms with Crippen molar-refractivity contribution in [3.63, 3.8) is 0 Å². The molecule has 2 bridgehead atoms. The molecule has 0 N–H and O–H groups in total. The number of benzene rings is 7. The van der Waals surface area contributed by atoms with E-state index in [9.17, 15) is 5.26 Å². The first-order valence-corrected chi connectivity index (χ1v) is 20.4. The maximum atomic E-state index is 10.3. The highest BCUT2D eigenvalue weighted by Crippen LogP contribution is 2.54. The Bertz CT molecular complexity index is 2800. The fourth-order valence-corrected chi connectivity index (χ4v) is 10.4. The lowest BCUT2D eigenvalue weighted by atomic mass is 9.54. The average molecular weight is 737 g/mol. The normalized spacial score (nSPS) is 20.3. The molecule has 8 aromatic rings. The quantitative estimate of drug-likeness (QED) is 0.170. The molecule has 4 atom stereocenters. The summed E-state index contributed by atoms with van der Waals surface area (Å²) in [4.78, 5) is 15.4. The number of hydrogen-bond acceptors (Lipinski definition) is 4. The van der Waals surface area contributed by atoms with Gasteiger partial charge >= 0.3 is 0 Å². The third-order valence-electron chi connectivity index (χ3n) is 12.7. The molecule has 2 aliphatic carbocycles. The maximum absolute atomic E-state index is 10.3. The summed E-state index contributed by atoms with van der Waals surface area (Å²) in [6, 6.07) is 55.8. The van der Waals surface area contributed by atoms with E-state index in [-0.39, 0.29) is 5.41 Å². The standard InChI is InChI=1S/C53H44N4/c1-34-25-36-26-35(2)31-53(30-34,32-36)46-23-21-39(22-24-46)45-28-48-44(33-54)13-8-14-47(48)49(29-45)52-56-50(40-10-4-3-5-11-40)55-51(57-52)41-18-15-38(16-19-41)43-20-17-37-9-6-7-12-42(37)27-43/h3-24,27-29,34-36H,25-26,30-32H2,1-2H3/t34-,35+,36-,53?. The van der Waals surface area contributed by atoms with Crippen LogP contribution in [0.25, 0.3) is 78.0 Å². The first kappa shape index (κ1) is 35.0. The molecule has 1 aromatic heterocycles. The minimum atomic E-state index is 0.268. The largest absolute Gasteiger partial charge is 0.208 e. The Morgan fingerprint density at radius 1 is 0.491 bits per heavy atom. The molecule has 0 spiro atoms. The molecule has 4 nitrogen and oxygen atoms in total. The van der Waals surface area contributed by atoms with Crippen LogP contribution < -0.4 is 0 Å². The molecule has 2 saturated carbocycles. The monoisotopic (exact) mass is 736 g/mol. The highest BCUT2D eigenvalue weighted by Gasteiger charge is 2.45. The SMILES string of the molecule is C[C@@H]1C[C@@H]2C[C@H](C)CC(c3ccc(-c4cc(-c5nc(-c6ccccc6)nc(-c6ccc(-c7ccc8ccccc8c7)cc6)n5)c5cccc(C#N)c5c4)cc3)(C1)C2. The molecule has 0 amide bonds. The summed E-state index contributed by atoms with van der Waals surface area (Å²) >= 11 is 0. The second-order valence-electron chi connectivity index (χ2n) is 16.9. The van der Waals surface area contributed by atoms with Crippen LogP contribution in [0.5, 0.6) is 0 Å². The van der Waals surface area contributed by atoms with Crippen LogP contribution in [0, 0.1) is 29.1 Å². The summed E-state index contributed by atoms with van der Waals surface area (Å²) in [6.07, 6.45) is 6.59. The zero-order valence-corrected chi connectivity index (χ0v) is 32.5. The first-order valence-electron chi connectivity index (χ1n) is 20.4. The Hall–Kier alpha value is -6.44. The van der Waals surface area contributed by atoms with Gasteiger partial charge in [-0.1, -0.05) is 141 Å². The van der Waals surface area contributed by atoms with E-state index in [4.69, 9.17) is 15.0 Å². The Labute approximate surface area is 334 Å². The Morgan fingerprint density at radius 3 is 1.81 bits per heavy atom. The van der Waals surface area contributed by atoms with Crippen molar-refractivity contribution >= 4 is 21.5 Å². The molecule has 2 fully saturated rings. The Balaban J connectivity index is 1.09. The van der Waals surface area contributed by atoms with Gasteiger partial charge in [0.2, 0.25) is 0 Å². The summed E-state index contributed by atoms with van der Waals surface area (Å²) in [5.74, 6) is 4.14. The van der Waals surface area contributed by atoms with E-state index in [1.54, 1.807) is 0 Å². The van der Waals surface area contributed by atoms with Crippen molar-refractivity contribution in [2.45, 2.75) is 51.4 Å². The van der Waals surface area contributed by atoms with E-state index >= 15 is 0 Å². The van der Waals surface area contributed by atoms with E-state index in [1.165, 1.54) is 48.4 Å². The van der Waals surface area contributed by atoms with Gasteiger partial charge in [0, 0.05) is 22.1 Å². The van der Waals surface area contributed by atoms with Crippen molar-refractivity contribution < 1.29 is 0 Å². The average Bonchev–Trinajstić information content (AvgIpc) is 3.25. The summed E-state index contributed by atoms with van der Waals surface area (Å²) < 4.78 is 0. The lowest BCUT2D eigenvalue weighted by molar-refractivity contribution is 0.0780. The third-order valence-corrected chi connectivity index (χ3v) is 12.7. The summed E-state index contributed by atoms with van der Waals surface area (Å²) in [5, 5.41) is 14.6.